The molecule has 1 unspecified atom stereocenters. The van der Waals surface area contributed by atoms with Gasteiger partial charge < -0.3 is 9.84 Å². The van der Waals surface area contributed by atoms with Crippen LogP contribution in [0.3, 0.4) is 0 Å². The lowest BCUT2D eigenvalue weighted by atomic mass is 10.1. The van der Waals surface area contributed by atoms with Crippen LogP contribution in [-0.4, -0.2) is 33.5 Å². The summed E-state index contributed by atoms with van der Waals surface area (Å²) in [7, 11) is 1.36. The highest BCUT2D eigenvalue weighted by atomic mass is 32.2. The highest BCUT2D eigenvalue weighted by molar-refractivity contribution is 7.99. The second kappa shape index (κ2) is 4.00. The van der Waals surface area contributed by atoms with Gasteiger partial charge in [-0.2, -0.15) is 0 Å². The van der Waals surface area contributed by atoms with Crippen LogP contribution in [-0.2, 0) is 4.74 Å². The number of imidazole rings is 1. The Morgan fingerprint density at radius 1 is 1.61 bits per heavy atom. The Morgan fingerprint density at radius 3 is 3.11 bits per heavy atom. The molecule has 5 nitrogen and oxygen atoms in total. The first-order valence-corrected chi connectivity index (χ1v) is 6.52. The van der Waals surface area contributed by atoms with E-state index < -0.39 is 6.23 Å². The summed E-state index contributed by atoms with van der Waals surface area (Å²) in [6.45, 7) is 1.85. The lowest BCUT2D eigenvalue weighted by molar-refractivity contribution is 0.0600. The zero-order chi connectivity index (χ0) is 12.9. The van der Waals surface area contributed by atoms with Crippen LogP contribution in [0.5, 0.6) is 0 Å². The van der Waals surface area contributed by atoms with Gasteiger partial charge >= 0.3 is 5.97 Å². The van der Waals surface area contributed by atoms with Crippen molar-refractivity contribution >= 4 is 28.8 Å². The van der Waals surface area contributed by atoms with E-state index in [1.165, 1.54) is 18.9 Å². The molecule has 1 aromatic carbocycles. The molecule has 18 heavy (non-hydrogen) atoms. The number of aliphatic hydroxyl groups excluding tert-OH is 1. The number of esters is 1. The summed E-state index contributed by atoms with van der Waals surface area (Å²) in [5.74, 6) is 0.227. The van der Waals surface area contributed by atoms with Crippen LogP contribution < -0.4 is 0 Å². The summed E-state index contributed by atoms with van der Waals surface area (Å²) in [6.07, 6.45) is -0.580. The van der Waals surface area contributed by atoms with Crippen LogP contribution in [0.15, 0.2) is 17.3 Å². The van der Waals surface area contributed by atoms with Crippen molar-refractivity contribution in [3.8, 4) is 0 Å². The fraction of sp³-hybridized carbons (Fsp3) is 0.333. The third-order valence-corrected chi connectivity index (χ3v) is 4.08. The van der Waals surface area contributed by atoms with E-state index in [0.29, 0.717) is 11.3 Å². The van der Waals surface area contributed by atoms with Crippen LogP contribution in [0, 0.1) is 6.92 Å². The molecule has 3 rings (SSSR count). The molecule has 0 saturated carbocycles. The molecule has 0 radical (unpaired) electrons. The fourth-order valence-corrected chi connectivity index (χ4v) is 3.14. The Balaban J connectivity index is 2.27. The molecule has 94 valence electrons. The Labute approximate surface area is 108 Å². The molecule has 2 aromatic rings. The molecule has 2 heterocycles. The number of rotatable bonds is 1. The van der Waals surface area contributed by atoms with Gasteiger partial charge in [0, 0.05) is 5.75 Å². The van der Waals surface area contributed by atoms with E-state index in [1.54, 1.807) is 10.6 Å². The van der Waals surface area contributed by atoms with E-state index >= 15 is 0 Å². The van der Waals surface area contributed by atoms with E-state index in [9.17, 15) is 9.90 Å². The number of carbonyl (C=O) groups is 1. The molecule has 0 fully saturated rings. The smallest absolute Gasteiger partial charge is 0.338 e. The van der Waals surface area contributed by atoms with Gasteiger partial charge in [0.15, 0.2) is 5.16 Å². The molecule has 0 spiro atoms. The number of hydrogen-bond donors (Lipinski definition) is 1. The molecule has 1 N–H and O–H groups in total. The minimum absolute atomic E-state index is 0.370. The fourth-order valence-electron chi connectivity index (χ4n) is 2.17. The first-order chi connectivity index (χ1) is 8.61. The molecule has 1 atom stereocenters. The molecule has 0 bridgehead atoms. The van der Waals surface area contributed by atoms with Crippen LogP contribution in [0.25, 0.3) is 11.0 Å². The number of fused-ring (bicyclic) bond motifs is 3. The zero-order valence-electron chi connectivity index (χ0n) is 10.0. The third-order valence-electron chi connectivity index (χ3n) is 3.07. The number of aliphatic hydroxyl groups is 1. The monoisotopic (exact) mass is 264 g/mol. The van der Waals surface area contributed by atoms with Crippen LogP contribution in [0.1, 0.15) is 22.1 Å². The summed E-state index contributed by atoms with van der Waals surface area (Å²) >= 11 is 1.51. The topological polar surface area (TPSA) is 64.3 Å². The van der Waals surface area contributed by atoms with Crippen molar-refractivity contribution in [2.45, 2.75) is 18.3 Å². The summed E-state index contributed by atoms with van der Waals surface area (Å²) < 4.78 is 6.51. The van der Waals surface area contributed by atoms with E-state index in [0.717, 1.165) is 21.8 Å². The Hall–Kier alpha value is -1.53. The van der Waals surface area contributed by atoms with E-state index in [-0.39, 0.29) is 5.97 Å². The molecule has 1 aromatic heterocycles. The third kappa shape index (κ3) is 1.53. The number of hydrogen-bond acceptors (Lipinski definition) is 5. The predicted octanol–water partition coefficient (Wildman–Crippen LogP) is 1.73. The lowest BCUT2D eigenvalue weighted by Gasteiger charge is -2.08. The summed E-state index contributed by atoms with van der Waals surface area (Å²) in [5.41, 5.74) is 2.90. The molecule has 1 aliphatic rings. The highest BCUT2D eigenvalue weighted by Crippen LogP contribution is 2.36. The van der Waals surface area contributed by atoms with Crippen molar-refractivity contribution in [1.82, 2.24) is 9.55 Å². The maximum Gasteiger partial charge on any atom is 0.338 e. The number of nitrogens with zero attached hydrogens (tertiary/aromatic N) is 2. The molecule has 0 aliphatic carbocycles. The van der Waals surface area contributed by atoms with Gasteiger partial charge in [-0.1, -0.05) is 11.8 Å². The van der Waals surface area contributed by atoms with Crippen molar-refractivity contribution in [3.63, 3.8) is 0 Å². The SMILES string of the molecule is COC(=O)c1cc2c(cc1C)nc1n2C(O)CS1. The summed E-state index contributed by atoms with van der Waals surface area (Å²) in [4.78, 5) is 16.1. The number of aryl methyl sites for hydroxylation is 1. The second-order valence-electron chi connectivity index (χ2n) is 4.20. The van der Waals surface area contributed by atoms with Crippen LogP contribution in [0.2, 0.25) is 0 Å². The van der Waals surface area contributed by atoms with Crippen molar-refractivity contribution < 1.29 is 14.6 Å². The number of aromatic nitrogens is 2. The lowest BCUT2D eigenvalue weighted by Crippen LogP contribution is -2.07. The van der Waals surface area contributed by atoms with Crippen molar-refractivity contribution in [1.29, 1.82) is 0 Å². The molecule has 6 heteroatoms. The molecule has 1 aliphatic heterocycles. The van der Waals surface area contributed by atoms with Gasteiger partial charge in [0.2, 0.25) is 0 Å². The number of methoxy groups -OCH3 is 1. The maximum absolute atomic E-state index is 11.7. The minimum Gasteiger partial charge on any atom is -0.465 e. The largest absolute Gasteiger partial charge is 0.465 e. The maximum atomic E-state index is 11.7. The molecule has 0 saturated heterocycles. The van der Waals surface area contributed by atoms with E-state index in [2.05, 4.69) is 4.98 Å². The predicted molar refractivity (Wildman–Crippen MR) is 67.8 cm³/mol. The standard InChI is InChI=1S/C12H12N2O3S/c1-6-3-8-9(4-7(6)11(16)17-2)14-10(15)5-18-12(14)13-8/h3-4,10,15H,5H2,1-2H3. The zero-order valence-corrected chi connectivity index (χ0v) is 10.8. The van der Waals surface area contributed by atoms with Gasteiger partial charge in [-0.15, -0.1) is 0 Å². The number of ether oxygens (including phenoxy) is 1. The molecule has 0 amide bonds. The Kier molecular flexibility index (Phi) is 2.57. The Bertz CT molecular complexity index is 650. The summed E-state index contributed by atoms with van der Waals surface area (Å²) in [6, 6.07) is 3.59. The molecular weight excluding hydrogens is 252 g/mol. The van der Waals surface area contributed by atoms with E-state index in [1.807, 2.05) is 13.0 Å². The second-order valence-corrected chi connectivity index (χ2v) is 5.19. The highest BCUT2D eigenvalue weighted by Gasteiger charge is 2.25. The normalized spacial score (nSPS) is 18.1. The van der Waals surface area contributed by atoms with Gasteiger partial charge in [-0.05, 0) is 24.6 Å². The quantitative estimate of drug-likeness (QED) is 0.795. The van der Waals surface area contributed by atoms with Crippen molar-refractivity contribution in [2.75, 3.05) is 12.9 Å². The Morgan fingerprint density at radius 2 is 2.39 bits per heavy atom. The number of thioether (sulfide) groups is 1. The van der Waals surface area contributed by atoms with Crippen LogP contribution >= 0.6 is 11.8 Å². The van der Waals surface area contributed by atoms with Gasteiger partial charge in [-0.3, -0.25) is 4.57 Å². The van der Waals surface area contributed by atoms with Gasteiger partial charge in [0.25, 0.3) is 0 Å². The van der Waals surface area contributed by atoms with Crippen molar-refractivity contribution in [2.24, 2.45) is 0 Å². The number of benzene rings is 1. The summed E-state index contributed by atoms with van der Waals surface area (Å²) in [5, 5.41) is 10.7. The van der Waals surface area contributed by atoms with Crippen LogP contribution in [0.4, 0.5) is 0 Å². The first-order valence-electron chi connectivity index (χ1n) is 5.53. The van der Waals surface area contributed by atoms with Crippen molar-refractivity contribution in [3.05, 3.63) is 23.3 Å². The molecular formula is C12H12N2O3S. The number of carbonyl (C=O) groups excluding carboxylic acids is 1. The van der Waals surface area contributed by atoms with Gasteiger partial charge in [-0.25, -0.2) is 9.78 Å². The van der Waals surface area contributed by atoms with Gasteiger partial charge in [0.05, 0.1) is 23.7 Å². The average molecular weight is 264 g/mol. The average Bonchev–Trinajstić information content (AvgIpc) is 2.87. The van der Waals surface area contributed by atoms with E-state index in [4.69, 9.17) is 4.74 Å². The first kappa shape index (κ1) is 11.6. The van der Waals surface area contributed by atoms with Gasteiger partial charge in [0.1, 0.15) is 6.23 Å². The minimum atomic E-state index is -0.580.